The molecule has 0 unspecified atom stereocenters. The van der Waals surface area contributed by atoms with Crippen molar-refractivity contribution in [2.75, 3.05) is 36.5 Å². The molecule has 1 saturated carbocycles. The standard InChI is InChI=1S/C19H29N3OS.2ClH/c1-14-5-6-15(13-22-7-9-24-10-8-22)11-18(14)21-19(23)17-4-2-3-16(17)12-20;;/h5-6,11,16-17H,2-4,7-10,12-13,20H2,1H3,(H,21,23);2*1H/t16-,17-;;/m1../s1. The van der Waals surface area contributed by atoms with Crippen molar-refractivity contribution in [3.8, 4) is 0 Å². The minimum absolute atomic E-state index is 0. The zero-order valence-corrected chi connectivity index (χ0v) is 17.9. The van der Waals surface area contributed by atoms with Crippen LogP contribution < -0.4 is 11.1 Å². The molecule has 0 aromatic heterocycles. The minimum atomic E-state index is 0. The molecule has 2 aliphatic rings. The van der Waals surface area contributed by atoms with E-state index in [1.54, 1.807) is 0 Å². The number of hydrogen-bond acceptors (Lipinski definition) is 4. The number of thioether (sulfide) groups is 1. The van der Waals surface area contributed by atoms with Crippen LogP contribution in [0.2, 0.25) is 0 Å². The topological polar surface area (TPSA) is 58.4 Å². The number of rotatable bonds is 5. The number of nitrogens with zero attached hydrogens (tertiary/aromatic N) is 1. The van der Waals surface area contributed by atoms with E-state index in [1.165, 1.54) is 17.1 Å². The van der Waals surface area contributed by atoms with Gasteiger partial charge in [-0.2, -0.15) is 11.8 Å². The molecule has 0 radical (unpaired) electrons. The second-order valence-electron chi connectivity index (χ2n) is 7.06. The van der Waals surface area contributed by atoms with Gasteiger partial charge in [0.25, 0.3) is 0 Å². The molecule has 3 rings (SSSR count). The Morgan fingerprint density at radius 2 is 2.00 bits per heavy atom. The van der Waals surface area contributed by atoms with Gasteiger partial charge in [0, 0.05) is 42.7 Å². The highest BCUT2D eigenvalue weighted by Crippen LogP contribution is 2.32. The Morgan fingerprint density at radius 1 is 1.27 bits per heavy atom. The number of anilines is 1. The first-order valence-corrected chi connectivity index (χ1v) is 10.2. The molecular formula is C19H31Cl2N3OS. The molecule has 3 N–H and O–H groups in total. The number of nitrogens with one attached hydrogen (secondary N) is 1. The lowest BCUT2D eigenvalue weighted by atomic mass is 9.95. The van der Waals surface area contributed by atoms with Crippen molar-refractivity contribution in [1.82, 2.24) is 4.90 Å². The van der Waals surface area contributed by atoms with E-state index in [0.29, 0.717) is 12.5 Å². The lowest BCUT2D eigenvalue weighted by Crippen LogP contribution is -2.32. The van der Waals surface area contributed by atoms with Crippen LogP contribution in [-0.4, -0.2) is 41.9 Å². The lowest BCUT2D eigenvalue weighted by molar-refractivity contribution is -0.120. The van der Waals surface area contributed by atoms with E-state index >= 15 is 0 Å². The molecule has 1 aromatic rings. The van der Waals surface area contributed by atoms with E-state index in [0.717, 1.165) is 50.1 Å². The van der Waals surface area contributed by atoms with Crippen LogP contribution in [0.15, 0.2) is 18.2 Å². The van der Waals surface area contributed by atoms with Crippen LogP contribution in [0.1, 0.15) is 30.4 Å². The van der Waals surface area contributed by atoms with E-state index in [2.05, 4.69) is 35.3 Å². The van der Waals surface area contributed by atoms with Gasteiger partial charge in [-0.1, -0.05) is 18.6 Å². The normalized spacial score (nSPS) is 23.0. The first kappa shape index (κ1) is 23.6. The minimum Gasteiger partial charge on any atom is -0.330 e. The molecule has 7 heteroatoms. The van der Waals surface area contributed by atoms with Crippen LogP contribution in [0.3, 0.4) is 0 Å². The monoisotopic (exact) mass is 419 g/mol. The average molecular weight is 420 g/mol. The molecular weight excluding hydrogens is 389 g/mol. The number of aryl methyl sites for hydroxylation is 1. The zero-order valence-electron chi connectivity index (χ0n) is 15.4. The van der Waals surface area contributed by atoms with Crippen LogP contribution in [0.5, 0.6) is 0 Å². The number of amides is 1. The van der Waals surface area contributed by atoms with Gasteiger partial charge in [0.05, 0.1) is 0 Å². The first-order valence-electron chi connectivity index (χ1n) is 9.08. The van der Waals surface area contributed by atoms with Gasteiger partial charge in [-0.3, -0.25) is 9.69 Å². The molecule has 1 aliphatic heterocycles. The van der Waals surface area contributed by atoms with Crippen molar-refractivity contribution in [1.29, 1.82) is 0 Å². The highest BCUT2D eigenvalue weighted by molar-refractivity contribution is 7.99. The maximum absolute atomic E-state index is 12.7. The van der Waals surface area contributed by atoms with E-state index < -0.39 is 0 Å². The first-order chi connectivity index (χ1) is 11.7. The Labute approximate surface area is 173 Å². The molecule has 1 saturated heterocycles. The van der Waals surface area contributed by atoms with E-state index in [1.807, 2.05) is 11.8 Å². The molecule has 1 aliphatic carbocycles. The Hall–Kier alpha value is -0.460. The van der Waals surface area contributed by atoms with Crippen molar-refractivity contribution >= 4 is 48.2 Å². The van der Waals surface area contributed by atoms with Crippen LogP contribution >= 0.6 is 36.6 Å². The maximum atomic E-state index is 12.7. The molecule has 0 bridgehead atoms. The van der Waals surface area contributed by atoms with E-state index in [4.69, 9.17) is 5.73 Å². The van der Waals surface area contributed by atoms with E-state index in [9.17, 15) is 4.79 Å². The third-order valence-electron chi connectivity index (χ3n) is 5.37. The van der Waals surface area contributed by atoms with Crippen molar-refractivity contribution < 1.29 is 4.79 Å². The number of benzene rings is 1. The summed E-state index contributed by atoms with van der Waals surface area (Å²) in [6.07, 6.45) is 3.17. The molecule has 2 fully saturated rings. The van der Waals surface area contributed by atoms with Gasteiger partial charge in [-0.05, 0) is 49.4 Å². The highest BCUT2D eigenvalue weighted by Gasteiger charge is 2.32. The van der Waals surface area contributed by atoms with Gasteiger partial charge in [0.1, 0.15) is 0 Å². The Morgan fingerprint density at radius 3 is 2.69 bits per heavy atom. The summed E-state index contributed by atoms with van der Waals surface area (Å²) in [5, 5.41) is 3.18. The summed E-state index contributed by atoms with van der Waals surface area (Å²) in [5.74, 6) is 3.02. The van der Waals surface area contributed by atoms with Gasteiger partial charge in [-0.25, -0.2) is 0 Å². The van der Waals surface area contributed by atoms with Gasteiger partial charge < -0.3 is 11.1 Å². The largest absolute Gasteiger partial charge is 0.330 e. The number of carbonyl (C=O) groups excluding carboxylic acids is 1. The molecule has 1 amide bonds. The molecule has 4 nitrogen and oxygen atoms in total. The van der Waals surface area contributed by atoms with Crippen molar-refractivity contribution in [2.24, 2.45) is 17.6 Å². The molecule has 1 heterocycles. The smallest absolute Gasteiger partial charge is 0.227 e. The summed E-state index contributed by atoms with van der Waals surface area (Å²) in [5.41, 5.74) is 9.20. The Bertz CT molecular complexity index is 582. The van der Waals surface area contributed by atoms with Gasteiger partial charge in [0.15, 0.2) is 0 Å². The maximum Gasteiger partial charge on any atom is 0.227 e. The van der Waals surface area contributed by atoms with Crippen LogP contribution in [-0.2, 0) is 11.3 Å². The second-order valence-corrected chi connectivity index (χ2v) is 8.28. The summed E-state index contributed by atoms with van der Waals surface area (Å²) in [4.78, 5) is 15.2. The SMILES string of the molecule is Cc1ccc(CN2CCSCC2)cc1NC(=O)[C@@H]1CCC[C@@H]1CN.Cl.Cl. The molecule has 148 valence electrons. The van der Waals surface area contributed by atoms with E-state index in [-0.39, 0.29) is 36.6 Å². The Kier molecular flexibility index (Phi) is 10.3. The van der Waals surface area contributed by atoms with Crippen LogP contribution in [0.4, 0.5) is 5.69 Å². The number of halogens is 2. The van der Waals surface area contributed by atoms with Crippen LogP contribution in [0.25, 0.3) is 0 Å². The third kappa shape index (κ3) is 6.03. The van der Waals surface area contributed by atoms with Crippen LogP contribution in [0, 0.1) is 18.8 Å². The van der Waals surface area contributed by atoms with Crippen molar-refractivity contribution in [2.45, 2.75) is 32.7 Å². The fourth-order valence-corrected chi connectivity index (χ4v) is 4.79. The lowest BCUT2D eigenvalue weighted by Gasteiger charge is -2.26. The number of nitrogens with two attached hydrogens (primary N) is 1. The fraction of sp³-hybridized carbons (Fsp3) is 0.632. The van der Waals surface area contributed by atoms with Gasteiger partial charge in [-0.15, -0.1) is 24.8 Å². The quantitative estimate of drug-likeness (QED) is 0.763. The Balaban J connectivity index is 0.00000169. The third-order valence-corrected chi connectivity index (χ3v) is 6.31. The summed E-state index contributed by atoms with van der Waals surface area (Å²) < 4.78 is 0. The zero-order chi connectivity index (χ0) is 16.9. The fourth-order valence-electron chi connectivity index (χ4n) is 3.81. The highest BCUT2D eigenvalue weighted by atomic mass is 35.5. The van der Waals surface area contributed by atoms with Gasteiger partial charge in [0.2, 0.25) is 5.91 Å². The summed E-state index contributed by atoms with van der Waals surface area (Å²) in [6, 6.07) is 6.46. The predicted octanol–water partition coefficient (Wildman–Crippen LogP) is 3.70. The summed E-state index contributed by atoms with van der Waals surface area (Å²) >= 11 is 2.03. The number of carbonyl (C=O) groups is 1. The summed E-state index contributed by atoms with van der Waals surface area (Å²) in [6.45, 7) is 5.95. The summed E-state index contributed by atoms with van der Waals surface area (Å²) in [7, 11) is 0. The molecule has 0 spiro atoms. The molecule has 1 aromatic carbocycles. The molecule has 2 atom stereocenters. The number of hydrogen-bond donors (Lipinski definition) is 2. The average Bonchev–Trinajstić information content (AvgIpc) is 3.07. The second kappa shape index (κ2) is 11.4. The van der Waals surface area contributed by atoms with Crippen molar-refractivity contribution in [3.05, 3.63) is 29.3 Å². The van der Waals surface area contributed by atoms with Gasteiger partial charge >= 0.3 is 0 Å². The van der Waals surface area contributed by atoms with Crippen molar-refractivity contribution in [3.63, 3.8) is 0 Å². The predicted molar refractivity (Wildman–Crippen MR) is 117 cm³/mol. The molecule has 26 heavy (non-hydrogen) atoms.